The van der Waals surface area contributed by atoms with Crippen LogP contribution >= 0.6 is 0 Å². The van der Waals surface area contributed by atoms with Gasteiger partial charge < -0.3 is 15.5 Å². The summed E-state index contributed by atoms with van der Waals surface area (Å²) in [5, 5.41) is 31.4. The van der Waals surface area contributed by atoms with E-state index in [2.05, 4.69) is 5.32 Å². The average molecular weight is 407 g/mol. The number of nitrogens with one attached hydrogen (secondary N) is 2. The molecule has 0 radical (unpaired) electrons. The van der Waals surface area contributed by atoms with E-state index >= 15 is 0 Å². The summed E-state index contributed by atoms with van der Waals surface area (Å²) in [6.07, 6.45) is 4.73. The number of amides is 2. The molecule has 7 nitrogen and oxygen atoms in total. The van der Waals surface area contributed by atoms with E-state index in [0.29, 0.717) is 12.8 Å². The van der Waals surface area contributed by atoms with Gasteiger partial charge in [0.15, 0.2) is 0 Å². The monoisotopic (exact) mass is 406 g/mol. The smallest absolute Gasteiger partial charge is 0.247 e. The Morgan fingerprint density at radius 2 is 1.72 bits per heavy atom. The Kier molecular flexibility index (Phi) is 8.92. The van der Waals surface area contributed by atoms with Gasteiger partial charge in [0.05, 0.1) is 24.5 Å². The van der Waals surface area contributed by atoms with E-state index in [1.807, 2.05) is 13.8 Å². The fraction of sp³-hybridized carbons (Fsp3) is 0.636. The maximum atomic E-state index is 13.2. The van der Waals surface area contributed by atoms with Crippen LogP contribution in [0.15, 0.2) is 24.3 Å². The first kappa shape index (κ1) is 23.2. The third kappa shape index (κ3) is 6.72. The van der Waals surface area contributed by atoms with E-state index in [0.717, 1.165) is 31.2 Å². The number of aromatic hydroxyl groups is 1. The molecule has 5 N–H and O–H groups in total. The van der Waals surface area contributed by atoms with Crippen LogP contribution in [0.1, 0.15) is 51.5 Å². The highest BCUT2D eigenvalue weighted by atomic mass is 16.5. The number of carbonyl (C=O) groups is 2. The Morgan fingerprint density at radius 3 is 2.24 bits per heavy atom. The van der Waals surface area contributed by atoms with Gasteiger partial charge in [0.2, 0.25) is 11.8 Å². The van der Waals surface area contributed by atoms with Crippen LogP contribution in [-0.4, -0.2) is 39.9 Å². The van der Waals surface area contributed by atoms with E-state index < -0.39 is 23.8 Å². The molecule has 2 rings (SSSR count). The number of hydrogen-bond acceptors (Lipinski definition) is 5. The highest BCUT2D eigenvalue weighted by molar-refractivity contribution is 5.87. The summed E-state index contributed by atoms with van der Waals surface area (Å²) in [7, 11) is 0. The first-order valence-corrected chi connectivity index (χ1v) is 10.5. The summed E-state index contributed by atoms with van der Waals surface area (Å²) in [6, 6.07) is 6.12. The Hall–Kier alpha value is -2.12. The molecule has 1 aliphatic carbocycles. The van der Waals surface area contributed by atoms with Crippen LogP contribution in [0.5, 0.6) is 5.75 Å². The van der Waals surface area contributed by atoms with Gasteiger partial charge in [-0.25, -0.2) is 5.48 Å². The number of phenolic OH excluding ortho intramolecular Hbond substituents is 1. The molecule has 0 aliphatic heterocycles. The van der Waals surface area contributed by atoms with Crippen molar-refractivity contribution in [3.63, 3.8) is 0 Å². The van der Waals surface area contributed by atoms with Gasteiger partial charge in [0.1, 0.15) is 5.75 Å². The molecule has 1 fully saturated rings. The van der Waals surface area contributed by atoms with Gasteiger partial charge in [0.25, 0.3) is 0 Å². The van der Waals surface area contributed by atoms with Crippen LogP contribution in [0.3, 0.4) is 0 Å². The second-order valence-electron chi connectivity index (χ2n) is 8.54. The fourth-order valence-corrected chi connectivity index (χ4v) is 4.43. The summed E-state index contributed by atoms with van der Waals surface area (Å²) in [4.78, 5) is 25.7. The van der Waals surface area contributed by atoms with E-state index in [4.69, 9.17) is 0 Å². The molecule has 1 aromatic carbocycles. The zero-order valence-electron chi connectivity index (χ0n) is 17.3. The van der Waals surface area contributed by atoms with Crippen LogP contribution in [0, 0.1) is 23.7 Å². The number of rotatable bonds is 10. The van der Waals surface area contributed by atoms with Crippen LogP contribution in [0.2, 0.25) is 0 Å². The number of phenols is 1. The first-order chi connectivity index (χ1) is 13.8. The van der Waals surface area contributed by atoms with Gasteiger partial charge in [0, 0.05) is 0 Å². The lowest BCUT2D eigenvalue weighted by molar-refractivity contribution is -0.143. The van der Waals surface area contributed by atoms with Gasteiger partial charge >= 0.3 is 0 Å². The van der Waals surface area contributed by atoms with E-state index in [9.17, 15) is 25.0 Å². The molecule has 0 bridgehead atoms. The van der Waals surface area contributed by atoms with Crippen LogP contribution in [-0.2, 0) is 16.0 Å². The Morgan fingerprint density at radius 1 is 1.10 bits per heavy atom. The van der Waals surface area contributed by atoms with Crippen molar-refractivity contribution in [2.24, 2.45) is 23.7 Å². The second kappa shape index (κ2) is 11.2. The molecule has 0 aromatic heterocycles. The molecule has 0 saturated heterocycles. The summed E-state index contributed by atoms with van der Waals surface area (Å²) in [6.45, 7) is 3.77. The van der Waals surface area contributed by atoms with Crippen molar-refractivity contribution in [1.82, 2.24) is 10.8 Å². The van der Waals surface area contributed by atoms with Crippen molar-refractivity contribution in [2.45, 2.75) is 58.4 Å². The lowest BCUT2D eigenvalue weighted by atomic mass is 9.75. The van der Waals surface area contributed by atoms with Gasteiger partial charge in [-0.1, -0.05) is 38.8 Å². The highest BCUT2D eigenvalue weighted by Gasteiger charge is 2.41. The SMILES string of the molecule is CC(C)C[C@@H](C(=O)N[C@H](CO)Cc1ccc(O)cc1)[C@@H](C(=O)NO)C1CCCC1. The Bertz CT molecular complexity index is 656. The van der Waals surface area contributed by atoms with Crippen molar-refractivity contribution in [3.8, 4) is 5.75 Å². The van der Waals surface area contributed by atoms with E-state index in [-0.39, 0.29) is 30.1 Å². The zero-order valence-corrected chi connectivity index (χ0v) is 17.3. The topological polar surface area (TPSA) is 119 Å². The lowest BCUT2D eigenvalue weighted by Gasteiger charge is -2.31. The van der Waals surface area contributed by atoms with E-state index in [1.54, 1.807) is 29.7 Å². The normalized spacial score (nSPS) is 17.7. The van der Waals surface area contributed by atoms with Gasteiger partial charge in [-0.3, -0.25) is 14.8 Å². The Balaban J connectivity index is 2.16. The number of carbonyl (C=O) groups excluding carboxylic acids is 2. The molecule has 29 heavy (non-hydrogen) atoms. The maximum absolute atomic E-state index is 13.2. The lowest BCUT2D eigenvalue weighted by Crippen LogP contribution is -2.48. The molecular weight excluding hydrogens is 372 g/mol. The van der Waals surface area contributed by atoms with Crippen molar-refractivity contribution < 1.29 is 25.0 Å². The predicted octanol–water partition coefficient (Wildman–Crippen LogP) is 2.39. The predicted molar refractivity (Wildman–Crippen MR) is 109 cm³/mol. The fourth-order valence-electron chi connectivity index (χ4n) is 4.43. The van der Waals surface area contributed by atoms with E-state index in [1.165, 1.54) is 0 Å². The summed E-state index contributed by atoms with van der Waals surface area (Å²) in [5.74, 6) is -1.50. The number of aliphatic hydroxyl groups is 1. The van der Waals surface area contributed by atoms with Crippen molar-refractivity contribution in [3.05, 3.63) is 29.8 Å². The summed E-state index contributed by atoms with van der Waals surface area (Å²) in [5.41, 5.74) is 2.65. The quantitative estimate of drug-likeness (QED) is 0.302. The maximum Gasteiger partial charge on any atom is 0.247 e. The molecular formula is C22H34N2O5. The highest BCUT2D eigenvalue weighted by Crippen LogP contribution is 2.38. The largest absolute Gasteiger partial charge is 0.508 e. The minimum absolute atomic E-state index is 0.0707. The van der Waals surface area contributed by atoms with Crippen molar-refractivity contribution in [2.75, 3.05) is 6.61 Å². The molecule has 2 amide bonds. The molecule has 1 aromatic rings. The number of hydrogen-bond donors (Lipinski definition) is 5. The zero-order chi connectivity index (χ0) is 21.4. The van der Waals surface area contributed by atoms with Crippen molar-refractivity contribution in [1.29, 1.82) is 0 Å². The van der Waals surface area contributed by atoms with Gasteiger partial charge in [-0.05, 0) is 55.2 Å². The molecule has 3 atom stereocenters. The molecule has 7 heteroatoms. The standard InChI is InChI=1S/C22H34N2O5/c1-14(2)11-19(20(22(28)24-29)16-5-3-4-6-16)21(27)23-17(13-25)12-15-7-9-18(26)10-8-15/h7-10,14,16-17,19-20,25-26,29H,3-6,11-13H2,1-2H3,(H,23,27)(H,24,28)/t17-,19+,20-/m0/s1. The van der Waals surface area contributed by atoms with Gasteiger partial charge in [-0.2, -0.15) is 0 Å². The van der Waals surface area contributed by atoms with Crippen LogP contribution < -0.4 is 10.8 Å². The van der Waals surface area contributed by atoms with Crippen LogP contribution in [0.25, 0.3) is 0 Å². The first-order valence-electron chi connectivity index (χ1n) is 10.5. The minimum atomic E-state index is -0.585. The number of hydroxylamine groups is 1. The molecule has 0 spiro atoms. The molecule has 1 saturated carbocycles. The van der Waals surface area contributed by atoms with Gasteiger partial charge in [-0.15, -0.1) is 0 Å². The molecule has 162 valence electrons. The summed E-state index contributed by atoms with van der Waals surface area (Å²) < 4.78 is 0. The third-order valence-corrected chi connectivity index (χ3v) is 5.80. The second-order valence-corrected chi connectivity index (χ2v) is 8.54. The van der Waals surface area contributed by atoms with Crippen LogP contribution in [0.4, 0.5) is 0 Å². The molecule has 1 aliphatic rings. The molecule has 0 unspecified atom stereocenters. The number of aliphatic hydroxyl groups excluding tert-OH is 1. The molecule has 0 heterocycles. The Labute approximate surface area is 172 Å². The number of benzene rings is 1. The summed E-state index contributed by atoms with van der Waals surface area (Å²) >= 11 is 0. The third-order valence-electron chi connectivity index (χ3n) is 5.80. The van der Waals surface area contributed by atoms with Crippen molar-refractivity contribution >= 4 is 11.8 Å². The minimum Gasteiger partial charge on any atom is -0.508 e. The average Bonchev–Trinajstić information content (AvgIpc) is 3.22.